The number of ether oxygens (including phenoxy) is 2. The minimum atomic E-state index is 0.106. The second kappa shape index (κ2) is 10.4. The third-order valence-corrected chi connectivity index (χ3v) is 4.22. The molecule has 7 heteroatoms. The lowest BCUT2D eigenvalue weighted by atomic mass is 10.1. The smallest absolute Gasteiger partial charge is 0.191 e. The van der Waals surface area contributed by atoms with E-state index in [1.54, 1.807) is 31.2 Å². The first kappa shape index (κ1) is 21.4. The predicted molar refractivity (Wildman–Crippen MR) is 112 cm³/mol. The van der Waals surface area contributed by atoms with E-state index in [9.17, 15) is 0 Å². The number of aromatic nitrogens is 3. The van der Waals surface area contributed by atoms with Crippen molar-refractivity contribution in [3.05, 3.63) is 48.7 Å². The molecule has 2 aromatic heterocycles. The lowest BCUT2D eigenvalue weighted by Crippen LogP contribution is -2.23. The van der Waals surface area contributed by atoms with Crippen LogP contribution in [0.4, 0.5) is 0 Å². The summed E-state index contributed by atoms with van der Waals surface area (Å²) in [7, 11) is 3.31. The lowest BCUT2D eigenvalue weighted by molar-refractivity contribution is 0.317. The average Bonchev–Trinajstić information content (AvgIpc) is 2.72. The van der Waals surface area contributed by atoms with E-state index in [2.05, 4.69) is 47.4 Å². The van der Waals surface area contributed by atoms with Crippen molar-refractivity contribution in [2.24, 2.45) is 4.99 Å². The topological polar surface area (TPSA) is 73.6 Å². The van der Waals surface area contributed by atoms with Crippen molar-refractivity contribution < 1.29 is 9.47 Å². The molecule has 28 heavy (non-hydrogen) atoms. The van der Waals surface area contributed by atoms with Crippen LogP contribution in [0.3, 0.4) is 0 Å². The fourth-order valence-corrected chi connectivity index (χ4v) is 2.79. The molecule has 1 N–H and O–H groups in total. The van der Waals surface area contributed by atoms with E-state index in [4.69, 9.17) is 9.47 Å². The van der Waals surface area contributed by atoms with Gasteiger partial charge in [0.1, 0.15) is 5.75 Å². The third kappa shape index (κ3) is 4.86. The molecule has 1 unspecified atom stereocenters. The normalized spacial score (nSPS) is 12.5. The van der Waals surface area contributed by atoms with E-state index in [1.165, 1.54) is 0 Å². The molecule has 2 heterocycles. The van der Waals surface area contributed by atoms with Gasteiger partial charge in [0, 0.05) is 30.9 Å². The molecule has 0 fully saturated rings. The second-order valence-corrected chi connectivity index (χ2v) is 6.08. The second-order valence-electron chi connectivity index (χ2n) is 6.08. The number of hydrogen-bond donors (Lipinski definition) is 1. The summed E-state index contributed by atoms with van der Waals surface area (Å²) in [5, 5.41) is 8.02. The summed E-state index contributed by atoms with van der Waals surface area (Å²) >= 11 is 0. The number of nitrogens with one attached hydrogen (secondary N) is 1. The van der Waals surface area contributed by atoms with Crippen LogP contribution in [-0.4, -0.2) is 42.1 Å². The van der Waals surface area contributed by atoms with Crippen LogP contribution in [0.1, 0.15) is 32.0 Å². The molecule has 0 radical (unpaired) electrons. The molecule has 0 aromatic carbocycles. The monoisotopic (exact) mass is 383 g/mol. The molecule has 0 spiro atoms. The summed E-state index contributed by atoms with van der Waals surface area (Å²) in [5.74, 6) is 1.25. The van der Waals surface area contributed by atoms with Crippen LogP contribution in [0.5, 0.6) is 11.5 Å². The Morgan fingerprint density at radius 1 is 1.32 bits per heavy atom. The molecule has 0 aliphatic rings. The summed E-state index contributed by atoms with van der Waals surface area (Å²) in [6.07, 6.45) is 5.86. The van der Waals surface area contributed by atoms with Gasteiger partial charge in [-0.15, -0.1) is 6.58 Å². The first-order chi connectivity index (χ1) is 13.6. The van der Waals surface area contributed by atoms with Crippen molar-refractivity contribution in [3.63, 3.8) is 0 Å². The summed E-state index contributed by atoms with van der Waals surface area (Å²) in [4.78, 5) is 8.80. The largest absolute Gasteiger partial charge is 0.494 e. The molecular weight excluding hydrogens is 354 g/mol. The van der Waals surface area contributed by atoms with Crippen molar-refractivity contribution in [2.75, 3.05) is 27.3 Å². The van der Waals surface area contributed by atoms with Gasteiger partial charge in [-0.25, -0.2) is 4.68 Å². The van der Waals surface area contributed by atoms with Crippen molar-refractivity contribution in [1.29, 1.82) is 0 Å². The molecule has 2 rings (SSSR count). The highest BCUT2D eigenvalue weighted by atomic mass is 16.5. The zero-order chi connectivity index (χ0) is 20.5. The Morgan fingerprint density at radius 2 is 2.11 bits per heavy atom. The van der Waals surface area contributed by atoms with Gasteiger partial charge in [-0.3, -0.25) is 9.98 Å². The van der Waals surface area contributed by atoms with E-state index < -0.39 is 0 Å². The maximum absolute atomic E-state index is 5.92. The number of pyridine rings is 1. The maximum atomic E-state index is 5.92. The first-order valence-corrected chi connectivity index (χ1v) is 9.30. The van der Waals surface area contributed by atoms with Crippen molar-refractivity contribution >= 4 is 6.20 Å². The van der Waals surface area contributed by atoms with Crippen LogP contribution >= 0.6 is 0 Å². The van der Waals surface area contributed by atoms with Crippen LogP contribution in [0.15, 0.2) is 42.6 Å². The molecule has 0 saturated carbocycles. The van der Waals surface area contributed by atoms with E-state index in [0.717, 1.165) is 24.2 Å². The summed E-state index contributed by atoms with van der Waals surface area (Å²) in [6.45, 7) is 13.1. The van der Waals surface area contributed by atoms with E-state index in [1.807, 2.05) is 18.2 Å². The van der Waals surface area contributed by atoms with Gasteiger partial charge in [-0.1, -0.05) is 19.6 Å². The number of nitrogens with zero attached hydrogens (tertiary/aromatic N) is 4. The van der Waals surface area contributed by atoms with Crippen molar-refractivity contribution in [1.82, 2.24) is 20.1 Å². The zero-order valence-corrected chi connectivity index (χ0v) is 17.1. The SMILES string of the molecule is C=CCCOc1cc(-c2cc(C(C)NCC)ncc2OC)nn(C=C)c1=NC. The van der Waals surface area contributed by atoms with Crippen LogP contribution in [0, 0.1) is 0 Å². The van der Waals surface area contributed by atoms with E-state index >= 15 is 0 Å². The van der Waals surface area contributed by atoms with Crippen LogP contribution in [0.2, 0.25) is 0 Å². The molecule has 0 aliphatic heterocycles. The summed E-state index contributed by atoms with van der Waals surface area (Å²) in [6, 6.07) is 3.96. The minimum Gasteiger partial charge on any atom is -0.494 e. The molecule has 2 aromatic rings. The zero-order valence-electron chi connectivity index (χ0n) is 17.1. The fourth-order valence-electron chi connectivity index (χ4n) is 2.79. The predicted octanol–water partition coefficient (Wildman–Crippen LogP) is 3.21. The molecule has 0 bridgehead atoms. The van der Waals surface area contributed by atoms with Gasteiger partial charge in [0.15, 0.2) is 11.2 Å². The Bertz CT molecular complexity index is 889. The average molecular weight is 383 g/mol. The Morgan fingerprint density at radius 3 is 2.71 bits per heavy atom. The minimum absolute atomic E-state index is 0.106. The van der Waals surface area contributed by atoms with E-state index in [-0.39, 0.29) is 6.04 Å². The summed E-state index contributed by atoms with van der Waals surface area (Å²) in [5.41, 5.74) is 3.01. The van der Waals surface area contributed by atoms with Crippen LogP contribution in [-0.2, 0) is 0 Å². The summed E-state index contributed by atoms with van der Waals surface area (Å²) < 4.78 is 13.1. The standard InChI is InChI=1S/C21H29N5O2/c1-7-10-11-28-19-13-18(25-26(9-3)21(19)22-5)16-12-17(15(4)23-8-2)24-14-20(16)27-6/h7,9,12-15,23H,1,3,8,10-11H2,2,4-6H3. The molecule has 0 amide bonds. The molecule has 1 atom stereocenters. The van der Waals surface area contributed by atoms with Crippen LogP contribution in [0.25, 0.3) is 17.5 Å². The molecule has 150 valence electrons. The van der Waals surface area contributed by atoms with Crippen molar-refractivity contribution in [3.8, 4) is 22.8 Å². The molecule has 7 nitrogen and oxygen atoms in total. The molecule has 0 aliphatic carbocycles. The number of methoxy groups -OCH3 is 1. The van der Waals surface area contributed by atoms with E-state index in [0.29, 0.717) is 29.3 Å². The van der Waals surface area contributed by atoms with Crippen molar-refractivity contribution in [2.45, 2.75) is 26.3 Å². The van der Waals surface area contributed by atoms with Gasteiger partial charge >= 0.3 is 0 Å². The van der Waals surface area contributed by atoms with Gasteiger partial charge in [0.05, 0.1) is 31.3 Å². The highest BCUT2D eigenvalue weighted by Crippen LogP contribution is 2.31. The quantitative estimate of drug-likeness (QED) is 0.504. The number of rotatable bonds is 10. The first-order valence-electron chi connectivity index (χ1n) is 9.30. The Labute approximate surface area is 166 Å². The van der Waals surface area contributed by atoms with Crippen LogP contribution < -0.4 is 20.3 Å². The van der Waals surface area contributed by atoms with Gasteiger partial charge in [0.25, 0.3) is 0 Å². The Balaban J connectivity index is 2.62. The molecular formula is C21H29N5O2. The fraction of sp³-hybridized carbons (Fsp3) is 0.381. The highest BCUT2D eigenvalue weighted by Gasteiger charge is 2.16. The highest BCUT2D eigenvalue weighted by molar-refractivity contribution is 5.68. The van der Waals surface area contributed by atoms with Gasteiger partial charge < -0.3 is 14.8 Å². The number of hydrogen-bond acceptors (Lipinski definition) is 6. The van der Waals surface area contributed by atoms with Gasteiger partial charge in [-0.05, 0) is 26.0 Å². The Kier molecular flexibility index (Phi) is 7.95. The van der Waals surface area contributed by atoms with Gasteiger partial charge in [0.2, 0.25) is 0 Å². The lowest BCUT2D eigenvalue weighted by Gasteiger charge is -2.16. The maximum Gasteiger partial charge on any atom is 0.191 e. The van der Waals surface area contributed by atoms with Gasteiger partial charge in [-0.2, -0.15) is 5.10 Å². The Hall–Kier alpha value is -2.93. The molecule has 0 saturated heterocycles. The third-order valence-electron chi connectivity index (χ3n) is 4.22.